The minimum atomic E-state index is -1.05. The van der Waals surface area contributed by atoms with Crippen LogP contribution in [-0.2, 0) is 11.3 Å². The molecule has 7 heteroatoms. The number of halogens is 1. The molecule has 0 aromatic carbocycles. The normalized spacial score (nSPS) is 12.7. The van der Waals surface area contributed by atoms with Gasteiger partial charge < -0.3 is 9.84 Å². The summed E-state index contributed by atoms with van der Waals surface area (Å²) in [6, 6.07) is 0. The lowest BCUT2D eigenvalue weighted by molar-refractivity contribution is -0.0804. The summed E-state index contributed by atoms with van der Waals surface area (Å²) in [5.74, 6) is -1.04. The van der Waals surface area contributed by atoms with Gasteiger partial charge >= 0.3 is 5.69 Å². The third-order valence-electron chi connectivity index (χ3n) is 1.86. The monoisotopic (exact) mass is 218 g/mol. The van der Waals surface area contributed by atoms with E-state index in [1.54, 1.807) is 4.98 Å². The van der Waals surface area contributed by atoms with Gasteiger partial charge in [0.15, 0.2) is 6.29 Å². The molecule has 0 aliphatic carbocycles. The predicted octanol–water partition coefficient (Wildman–Crippen LogP) is -0.969. The highest BCUT2D eigenvalue weighted by Gasteiger charge is 2.06. The fourth-order valence-electron chi connectivity index (χ4n) is 1.02. The van der Waals surface area contributed by atoms with Crippen molar-refractivity contribution in [3.63, 3.8) is 0 Å². The van der Waals surface area contributed by atoms with Gasteiger partial charge in [0.05, 0.1) is 6.20 Å². The number of H-pyrrole nitrogens is 1. The number of hydrogen-bond donors (Lipinski definition) is 2. The van der Waals surface area contributed by atoms with E-state index >= 15 is 0 Å². The van der Waals surface area contributed by atoms with Crippen LogP contribution in [0.4, 0.5) is 4.39 Å². The summed E-state index contributed by atoms with van der Waals surface area (Å²) in [6.45, 7) is 0.0571. The molecule has 0 radical (unpaired) electrons. The first-order chi connectivity index (χ1) is 7.04. The van der Waals surface area contributed by atoms with Crippen LogP contribution >= 0.6 is 0 Å². The highest BCUT2D eigenvalue weighted by atomic mass is 19.1. The molecule has 0 fully saturated rings. The number of aliphatic hydroxyl groups excluding tert-OH is 1. The number of aliphatic hydroxyl groups is 1. The number of ether oxygens (including phenoxy) is 1. The molecule has 1 aromatic rings. The summed E-state index contributed by atoms with van der Waals surface area (Å²) in [7, 11) is 1.31. The lowest BCUT2D eigenvalue weighted by atomic mass is 10.4. The molecule has 0 saturated heterocycles. The SMILES string of the molecule is CO[C@H](O)CCn1cc(F)c(=O)[nH]c1=O. The molecule has 1 rings (SSSR count). The van der Waals surface area contributed by atoms with E-state index in [9.17, 15) is 14.0 Å². The van der Waals surface area contributed by atoms with Crippen LogP contribution in [0.3, 0.4) is 0 Å². The number of rotatable bonds is 4. The smallest absolute Gasteiger partial charge is 0.328 e. The van der Waals surface area contributed by atoms with E-state index in [1.807, 2.05) is 0 Å². The standard InChI is InChI=1S/C8H11FN2O4/c1-15-6(12)2-3-11-4-5(9)7(13)10-8(11)14/h4,6,12H,2-3H2,1H3,(H,10,13,14)/t6-/m0/s1. The summed E-state index contributed by atoms with van der Waals surface area (Å²) in [6.07, 6.45) is -0.0993. The van der Waals surface area contributed by atoms with Crippen molar-refractivity contribution in [3.05, 3.63) is 32.9 Å². The Morgan fingerprint density at radius 2 is 2.33 bits per heavy atom. The van der Waals surface area contributed by atoms with Crippen LogP contribution in [0.25, 0.3) is 0 Å². The van der Waals surface area contributed by atoms with E-state index in [-0.39, 0.29) is 13.0 Å². The molecule has 0 aliphatic heterocycles. The summed E-state index contributed by atoms with van der Waals surface area (Å²) in [4.78, 5) is 23.6. The van der Waals surface area contributed by atoms with Gasteiger partial charge in [0.25, 0.3) is 5.56 Å². The number of nitrogens with one attached hydrogen (secondary N) is 1. The van der Waals surface area contributed by atoms with Crippen molar-refractivity contribution in [1.82, 2.24) is 9.55 Å². The molecule has 1 aromatic heterocycles. The second-order valence-corrected chi connectivity index (χ2v) is 2.91. The number of aromatic nitrogens is 2. The average Bonchev–Trinajstić information content (AvgIpc) is 2.21. The second kappa shape index (κ2) is 4.85. The third-order valence-corrected chi connectivity index (χ3v) is 1.86. The van der Waals surface area contributed by atoms with Gasteiger partial charge in [-0.15, -0.1) is 0 Å². The van der Waals surface area contributed by atoms with Crippen LogP contribution in [0.15, 0.2) is 15.8 Å². The highest BCUT2D eigenvalue weighted by molar-refractivity contribution is 4.86. The predicted molar refractivity (Wildman–Crippen MR) is 48.9 cm³/mol. The molecule has 0 spiro atoms. The molecule has 0 unspecified atom stereocenters. The van der Waals surface area contributed by atoms with Gasteiger partial charge in [0, 0.05) is 20.1 Å². The zero-order chi connectivity index (χ0) is 11.4. The maximum Gasteiger partial charge on any atom is 0.328 e. The van der Waals surface area contributed by atoms with Crippen molar-refractivity contribution in [1.29, 1.82) is 0 Å². The van der Waals surface area contributed by atoms with E-state index in [2.05, 4.69) is 4.74 Å². The van der Waals surface area contributed by atoms with E-state index in [4.69, 9.17) is 5.11 Å². The molecule has 15 heavy (non-hydrogen) atoms. The Morgan fingerprint density at radius 3 is 2.93 bits per heavy atom. The second-order valence-electron chi connectivity index (χ2n) is 2.91. The first-order valence-electron chi connectivity index (χ1n) is 4.24. The number of methoxy groups -OCH3 is 1. The largest absolute Gasteiger partial charge is 0.368 e. The molecular weight excluding hydrogens is 207 g/mol. The van der Waals surface area contributed by atoms with E-state index in [0.717, 1.165) is 10.8 Å². The molecular formula is C8H11FN2O4. The molecule has 0 bridgehead atoms. The molecule has 1 atom stereocenters. The quantitative estimate of drug-likeness (QED) is 0.637. The Kier molecular flexibility index (Phi) is 3.75. The molecule has 84 valence electrons. The van der Waals surface area contributed by atoms with E-state index in [1.165, 1.54) is 7.11 Å². The molecule has 1 heterocycles. The fraction of sp³-hybridized carbons (Fsp3) is 0.500. The van der Waals surface area contributed by atoms with Crippen LogP contribution in [-0.4, -0.2) is 28.1 Å². The lowest BCUT2D eigenvalue weighted by Gasteiger charge is -2.09. The van der Waals surface area contributed by atoms with Crippen LogP contribution in [0, 0.1) is 5.82 Å². The van der Waals surface area contributed by atoms with Gasteiger partial charge in [-0.1, -0.05) is 0 Å². The zero-order valence-electron chi connectivity index (χ0n) is 8.07. The van der Waals surface area contributed by atoms with Gasteiger partial charge in [-0.2, -0.15) is 4.39 Å². The number of aryl methyl sites for hydroxylation is 1. The number of hydrogen-bond acceptors (Lipinski definition) is 4. The minimum absolute atomic E-state index is 0.0571. The Labute approximate surface area is 83.9 Å². The Morgan fingerprint density at radius 1 is 1.67 bits per heavy atom. The first kappa shape index (κ1) is 11.6. The molecule has 2 N–H and O–H groups in total. The van der Waals surface area contributed by atoms with Gasteiger partial charge in [-0.05, 0) is 0 Å². The van der Waals surface area contributed by atoms with Crippen molar-refractivity contribution in [2.75, 3.05) is 7.11 Å². The summed E-state index contributed by atoms with van der Waals surface area (Å²) in [5, 5.41) is 9.03. The maximum atomic E-state index is 12.8. The van der Waals surface area contributed by atoms with Crippen molar-refractivity contribution >= 4 is 0 Å². The number of aromatic amines is 1. The Hall–Kier alpha value is -1.47. The van der Waals surface area contributed by atoms with Crippen molar-refractivity contribution in [3.8, 4) is 0 Å². The van der Waals surface area contributed by atoms with Gasteiger partial charge in [0.1, 0.15) is 0 Å². The maximum absolute atomic E-state index is 12.8. The summed E-state index contributed by atoms with van der Waals surface area (Å²) >= 11 is 0. The Balaban J connectivity index is 2.82. The number of nitrogens with zero attached hydrogens (tertiary/aromatic N) is 1. The first-order valence-corrected chi connectivity index (χ1v) is 4.24. The van der Waals surface area contributed by atoms with Crippen LogP contribution < -0.4 is 11.2 Å². The van der Waals surface area contributed by atoms with Gasteiger partial charge in [-0.25, -0.2) is 4.79 Å². The van der Waals surface area contributed by atoms with Crippen molar-refractivity contribution in [2.24, 2.45) is 0 Å². The van der Waals surface area contributed by atoms with Gasteiger partial charge in [0.2, 0.25) is 5.82 Å². The van der Waals surface area contributed by atoms with Crippen molar-refractivity contribution in [2.45, 2.75) is 19.3 Å². The lowest BCUT2D eigenvalue weighted by Crippen LogP contribution is -2.32. The summed E-state index contributed by atoms with van der Waals surface area (Å²) in [5.41, 5.74) is -1.77. The fourth-order valence-corrected chi connectivity index (χ4v) is 1.02. The van der Waals surface area contributed by atoms with Crippen LogP contribution in [0.1, 0.15) is 6.42 Å². The minimum Gasteiger partial charge on any atom is -0.368 e. The molecule has 0 aliphatic rings. The van der Waals surface area contributed by atoms with E-state index < -0.39 is 23.4 Å². The molecule has 0 saturated carbocycles. The average molecular weight is 218 g/mol. The third kappa shape index (κ3) is 3.00. The van der Waals surface area contributed by atoms with Crippen molar-refractivity contribution < 1.29 is 14.2 Å². The summed E-state index contributed by atoms with van der Waals surface area (Å²) < 4.78 is 18.3. The zero-order valence-corrected chi connectivity index (χ0v) is 8.07. The molecule has 0 amide bonds. The Bertz CT molecular complexity index is 439. The topological polar surface area (TPSA) is 84.3 Å². The van der Waals surface area contributed by atoms with Crippen LogP contribution in [0.2, 0.25) is 0 Å². The van der Waals surface area contributed by atoms with Gasteiger partial charge in [-0.3, -0.25) is 14.3 Å². The van der Waals surface area contributed by atoms with E-state index in [0.29, 0.717) is 0 Å². The highest BCUT2D eigenvalue weighted by Crippen LogP contribution is 1.94. The molecule has 6 nitrogen and oxygen atoms in total. The van der Waals surface area contributed by atoms with Crippen LogP contribution in [0.5, 0.6) is 0 Å².